The standard InChI is InChI=1S/C15H20FN/c1-11-9-12(2)14(15(16)10-11)5-3-4-8-17-13-6-7-13/h3,5,9-10,13,17H,4,6-8H2,1-2H3/b5-3+. The maximum Gasteiger partial charge on any atom is 0.130 e. The van der Waals surface area contributed by atoms with Gasteiger partial charge in [0.15, 0.2) is 0 Å². The Hall–Kier alpha value is -1.15. The fourth-order valence-corrected chi connectivity index (χ4v) is 2.00. The Morgan fingerprint density at radius 3 is 2.76 bits per heavy atom. The van der Waals surface area contributed by atoms with Crippen molar-refractivity contribution in [3.8, 4) is 0 Å². The van der Waals surface area contributed by atoms with Crippen molar-refractivity contribution in [2.75, 3.05) is 6.54 Å². The van der Waals surface area contributed by atoms with Gasteiger partial charge >= 0.3 is 0 Å². The van der Waals surface area contributed by atoms with Gasteiger partial charge in [-0.05, 0) is 56.8 Å². The van der Waals surface area contributed by atoms with Gasteiger partial charge in [0.1, 0.15) is 5.82 Å². The van der Waals surface area contributed by atoms with E-state index in [2.05, 4.69) is 11.4 Å². The summed E-state index contributed by atoms with van der Waals surface area (Å²) in [6.45, 7) is 4.87. The van der Waals surface area contributed by atoms with E-state index in [0.29, 0.717) is 0 Å². The second-order valence-electron chi connectivity index (χ2n) is 4.90. The smallest absolute Gasteiger partial charge is 0.130 e. The summed E-state index contributed by atoms with van der Waals surface area (Å²) in [7, 11) is 0. The zero-order valence-electron chi connectivity index (χ0n) is 10.6. The molecule has 2 rings (SSSR count). The third-order valence-electron chi connectivity index (χ3n) is 3.09. The summed E-state index contributed by atoms with van der Waals surface area (Å²) in [6, 6.07) is 4.36. The monoisotopic (exact) mass is 233 g/mol. The number of hydrogen-bond acceptors (Lipinski definition) is 1. The van der Waals surface area contributed by atoms with Gasteiger partial charge in [-0.25, -0.2) is 4.39 Å². The van der Waals surface area contributed by atoms with Gasteiger partial charge in [-0.15, -0.1) is 0 Å². The van der Waals surface area contributed by atoms with Crippen LogP contribution in [-0.2, 0) is 0 Å². The first-order valence-corrected chi connectivity index (χ1v) is 6.33. The van der Waals surface area contributed by atoms with Crippen molar-refractivity contribution in [2.24, 2.45) is 0 Å². The highest BCUT2D eigenvalue weighted by Gasteiger charge is 2.19. The fraction of sp³-hybridized carbons (Fsp3) is 0.467. The van der Waals surface area contributed by atoms with Crippen LogP contribution in [0.5, 0.6) is 0 Å². The van der Waals surface area contributed by atoms with E-state index in [1.165, 1.54) is 12.8 Å². The van der Waals surface area contributed by atoms with Gasteiger partial charge in [-0.3, -0.25) is 0 Å². The Kier molecular flexibility index (Phi) is 3.95. The zero-order chi connectivity index (χ0) is 12.3. The molecule has 1 aromatic rings. The number of halogens is 1. The van der Waals surface area contributed by atoms with Crippen molar-refractivity contribution in [1.82, 2.24) is 5.32 Å². The molecule has 0 aliphatic heterocycles. The Bertz CT molecular complexity index is 396. The van der Waals surface area contributed by atoms with Crippen LogP contribution >= 0.6 is 0 Å². The van der Waals surface area contributed by atoms with Crippen molar-refractivity contribution in [2.45, 2.75) is 39.2 Å². The SMILES string of the molecule is Cc1cc(C)c(/C=C/CCNC2CC2)c(F)c1. The lowest BCUT2D eigenvalue weighted by Gasteiger charge is -2.04. The van der Waals surface area contributed by atoms with Crippen LogP contribution in [0.4, 0.5) is 4.39 Å². The van der Waals surface area contributed by atoms with Crippen LogP contribution in [0.15, 0.2) is 18.2 Å². The summed E-state index contributed by atoms with van der Waals surface area (Å²) < 4.78 is 13.7. The summed E-state index contributed by atoms with van der Waals surface area (Å²) in [5, 5.41) is 3.44. The van der Waals surface area contributed by atoms with Gasteiger partial charge in [0.05, 0.1) is 0 Å². The first-order valence-electron chi connectivity index (χ1n) is 6.33. The van der Waals surface area contributed by atoms with E-state index in [4.69, 9.17) is 0 Å². The van der Waals surface area contributed by atoms with Crippen LogP contribution in [0.2, 0.25) is 0 Å². The van der Waals surface area contributed by atoms with Gasteiger partial charge in [-0.1, -0.05) is 18.2 Å². The number of aryl methyl sites for hydroxylation is 2. The molecular weight excluding hydrogens is 213 g/mol. The van der Waals surface area contributed by atoms with Gasteiger partial charge in [-0.2, -0.15) is 0 Å². The minimum Gasteiger partial charge on any atom is -0.314 e. The molecule has 0 radical (unpaired) electrons. The van der Waals surface area contributed by atoms with Gasteiger partial charge in [0.25, 0.3) is 0 Å². The predicted molar refractivity (Wildman–Crippen MR) is 70.5 cm³/mol. The molecule has 0 spiro atoms. The first-order chi connectivity index (χ1) is 8.16. The maximum atomic E-state index is 13.7. The Morgan fingerprint density at radius 2 is 2.12 bits per heavy atom. The molecule has 1 aliphatic rings. The van der Waals surface area contributed by atoms with Crippen LogP contribution in [0, 0.1) is 19.7 Å². The highest BCUT2D eigenvalue weighted by atomic mass is 19.1. The van der Waals surface area contributed by atoms with Crippen molar-refractivity contribution in [1.29, 1.82) is 0 Å². The quantitative estimate of drug-likeness (QED) is 0.766. The van der Waals surface area contributed by atoms with Crippen molar-refractivity contribution in [3.05, 3.63) is 40.7 Å². The van der Waals surface area contributed by atoms with E-state index in [9.17, 15) is 4.39 Å². The summed E-state index contributed by atoms with van der Waals surface area (Å²) in [4.78, 5) is 0. The van der Waals surface area contributed by atoms with E-state index in [-0.39, 0.29) is 5.82 Å². The third kappa shape index (κ3) is 3.67. The van der Waals surface area contributed by atoms with Crippen molar-refractivity contribution in [3.63, 3.8) is 0 Å². The molecule has 1 nitrogen and oxygen atoms in total. The summed E-state index contributed by atoms with van der Waals surface area (Å²) in [6.07, 6.45) is 7.54. The molecule has 92 valence electrons. The Labute approximate surface area is 103 Å². The number of rotatable bonds is 5. The minimum atomic E-state index is -0.117. The molecule has 2 heteroatoms. The lowest BCUT2D eigenvalue weighted by Crippen LogP contribution is -2.16. The molecule has 17 heavy (non-hydrogen) atoms. The highest BCUT2D eigenvalue weighted by Crippen LogP contribution is 2.19. The van der Waals surface area contributed by atoms with Crippen LogP contribution in [0.1, 0.15) is 36.0 Å². The minimum absolute atomic E-state index is 0.117. The molecule has 0 saturated heterocycles. The van der Waals surface area contributed by atoms with Crippen LogP contribution in [0.3, 0.4) is 0 Å². The maximum absolute atomic E-state index is 13.7. The highest BCUT2D eigenvalue weighted by molar-refractivity contribution is 5.55. The van der Waals surface area contributed by atoms with E-state index in [1.54, 1.807) is 6.07 Å². The Morgan fingerprint density at radius 1 is 1.35 bits per heavy atom. The molecule has 1 fully saturated rings. The van der Waals surface area contributed by atoms with Crippen LogP contribution < -0.4 is 5.32 Å². The van der Waals surface area contributed by atoms with Crippen molar-refractivity contribution >= 4 is 6.08 Å². The molecule has 1 N–H and O–H groups in total. The van der Waals surface area contributed by atoms with Gasteiger partial charge < -0.3 is 5.32 Å². The molecule has 0 heterocycles. The van der Waals surface area contributed by atoms with E-state index in [1.807, 2.05) is 26.0 Å². The second kappa shape index (κ2) is 5.46. The third-order valence-corrected chi connectivity index (χ3v) is 3.09. The van der Waals surface area contributed by atoms with E-state index < -0.39 is 0 Å². The molecule has 1 saturated carbocycles. The van der Waals surface area contributed by atoms with Gasteiger partial charge in [0.2, 0.25) is 0 Å². The summed E-state index contributed by atoms with van der Waals surface area (Å²) in [5.41, 5.74) is 2.71. The molecule has 0 unspecified atom stereocenters. The van der Waals surface area contributed by atoms with Gasteiger partial charge in [0, 0.05) is 11.6 Å². The number of nitrogens with one attached hydrogen (secondary N) is 1. The van der Waals surface area contributed by atoms with Crippen molar-refractivity contribution < 1.29 is 4.39 Å². The average Bonchev–Trinajstić information content (AvgIpc) is 3.04. The summed E-state index contributed by atoms with van der Waals surface area (Å²) >= 11 is 0. The Balaban J connectivity index is 1.90. The summed E-state index contributed by atoms with van der Waals surface area (Å²) in [5.74, 6) is -0.117. The largest absolute Gasteiger partial charge is 0.314 e. The normalized spacial score (nSPS) is 15.7. The molecule has 1 aromatic carbocycles. The zero-order valence-corrected chi connectivity index (χ0v) is 10.6. The lowest BCUT2D eigenvalue weighted by atomic mass is 10.0. The predicted octanol–water partition coefficient (Wildman–Crippen LogP) is 3.60. The topological polar surface area (TPSA) is 12.0 Å². The van der Waals surface area contributed by atoms with Crippen LogP contribution in [-0.4, -0.2) is 12.6 Å². The molecule has 0 atom stereocenters. The molecule has 0 aromatic heterocycles. The second-order valence-corrected chi connectivity index (χ2v) is 4.90. The average molecular weight is 233 g/mol. The lowest BCUT2D eigenvalue weighted by molar-refractivity contribution is 0.622. The first kappa shape index (κ1) is 12.3. The van der Waals surface area contributed by atoms with Crippen LogP contribution in [0.25, 0.3) is 6.08 Å². The van der Waals surface area contributed by atoms with E-state index >= 15 is 0 Å². The number of hydrogen-bond donors (Lipinski definition) is 1. The molecule has 0 bridgehead atoms. The molecular formula is C15H20FN. The fourth-order valence-electron chi connectivity index (χ4n) is 2.00. The molecule has 1 aliphatic carbocycles. The molecule has 0 amide bonds. The van der Waals surface area contributed by atoms with E-state index in [0.717, 1.165) is 35.7 Å². The number of benzene rings is 1.